The fourth-order valence-corrected chi connectivity index (χ4v) is 1.22. The normalized spacial score (nSPS) is 9.17. The van der Waals surface area contributed by atoms with E-state index in [1.54, 1.807) is 60.7 Å². The van der Waals surface area contributed by atoms with Crippen LogP contribution in [0.4, 0.5) is 0 Å². The minimum absolute atomic E-state index is 0.331. The summed E-state index contributed by atoms with van der Waals surface area (Å²) in [5.41, 5.74) is 0.662. The highest BCUT2D eigenvalue weighted by Crippen LogP contribution is 1.96. The van der Waals surface area contributed by atoms with Gasteiger partial charge in [0.05, 0.1) is 24.3 Å². The molecule has 0 radical (unpaired) electrons. The molecule has 0 saturated carbocycles. The van der Waals surface area contributed by atoms with Gasteiger partial charge in [0.1, 0.15) is 6.10 Å². The molecule has 0 unspecified atom stereocenters. The van der Waals surface area contributed by atoms with Crippen molar-refractivity contribution in [3.63, 3.8) is 0 Å². The van der Waals surface area contributed by atoms with Crippen LogP contribution in [-0.4, -0.2) is 56.8 Å². The Hall–Kier alpha value is -2.74. The predicted octanol–water partition coefficient (Wildman–Crippen LogP) is 1.10. The van der Waals surface area contributed by atoms with Crippen molar-refractivity contribution in [2.45, 2.75) is 6.10 Å². The van der Waals surface area contributed by atoms with E-state index >= 15 is 0 Å². The summed E-state index contributed by atoms with van der Waals surface area (Å²) in [6.07, 6.45) is -0.954. The number of hydrogen-bond acceptors (Lipinski definition) is 5. The lowest BCUT2D eigenvalue weighted by Crippen LogP contribution is -2.15. The molecule has 0 aromatic heterocycles. The van der Waals surface area contributed by atoms with Crippen molar-refractivity contribution < 1.29 is 35.1 Å². The van der Waals surface area contributed by atoms with Crippen molar-refractivity contribution in [2.75, 3.05) is 13.2 Å². The molecule has 2 aromatic rings. The average Bonchev–Trinajstić information content (AvgIpc) is 2.63. The topological polar surface area (TPSA) is 135 Å². The standard InChI is InChI=1S/2C7H6O2.C3H8O3/c2*8-7(9)6-4-2-1-3-5-6;4-1-3(6)2-5/h2*1-5H,(H,8,9);3-6H,1-2H2. The number of carboxylic acid groups (broad SMARTS) is 2. The highest BCUT2D eigenvalue weighted by Gasteiger charge is 1.97. The molecule has 0 aliphatic heterocycles. The molecule has 0 heterocycles. The van der Waals surface area contributed by atoms with Crippen molar-refractivity contribution in [1.82, 2.24) is 0 Å². The van der Waals surface area contributed by atoms with Crippen LogP contribution in [0, 0.1) is 0 Å². The molecule has 0 bridgehead atoms. The Morgan fingerprint density at radius 2 is 1.00 bits per heavy atom. The minimum Gasteiger partial charge on any atom is -0.478 e. The third-order valence-corrected chi connectivity index (χ3v) is 2.46. The SMILES string of the molecule is O=C(O)c1ccccc1.O=C(O)c1ccccc1.OCC(O)CO. The van der Waals surface area contributed by atoms with Crippen LogP contribution in [0.3, 0.4) is 0 Å². The molecule has 0 atom stereocenters. The number of aliphatic hydroxyl groups is 3. The Bertz CT molecular complexity index is 531. The van der Waals surface area contributed by atoms with Crippen LogP contribution in [0.15, 0.2) is 60.7 Å². The maximum Gasteiger partial charge on any atom is 0.335 e. The predicted molar refractivity (Wildman–Crippen MR) is 87.0 cm³/mol. The minimum atomic E-state index is -0.954. The first-order valence-electron chi connectivity index (χ1n) is 6.88. The summed E-state index contributed by atoms with van der Waals surface area (Å²) in [7, 11) is 0. The van der Waals surface area contributed by atoms with Gasteiger partial charge in [0.25, 0.3) is 0 Å². The third-order valence-electron chi connectivity index (χ3n) is 2.46. The van der Waals surface area contributed by atoms with Crippen LogP contribution in [0.2, 0.25) is 0 Å². The molecule has 130 valence electrons. The molecule has 0 spiro atoms. The number of benzene rings is 2. The second kappa shape index (κ2) is 12.8. The number of carboxylic acids is 2. The van der Waals surface area contributed by atoms with Crippen LogP contribution in [0.25, 0.3) is 0 Å². The molecule has 0 amide bonds. The molecule has 0 saturated heterocycles. The van der Waals surface area contributed by atoms with E-state index in [4.69, 9.17) is 25.5 Å². The van der Waals surface area contributed by atoms with Crippen LogP contribution in [-0.2, 0) is 0 Å². The highest BCUT2D eigenvalue weighted by molar-refractivity contribution is 5.87. The summed E-state index contributed by atoms with van der Waals surface area (Å²) < 4.78 is 0. The molecule has 7 nitrogen and oxygen atoms in total. The molecule has 0 fully saturated rings. The fraction of sp³-hybridized carbons (Fsp3) is 0.176. The zero-order valence-electron chi connectivity index (χ0n) is 12.8. The van der Waals surface area contributed by atoms with E-state index in [9.17, 15) is 9.59 Å². The summed E-state index contributed by atoms with van der Waals surface area (Å²) in [6, 6.07) is 16.6. The van der Waals surface area contributed by atoms with E-state index in [-0.39, 0.29) is 13.2 Å². The lowest BCUT2D eigenvalue weighted by atomic mass is 10.2. The average molecular weight is 336 g/mol. The highest BCUT2D eigenvalue weighted by atomic mass is 16.4. The van der Waals surface area contributed by atoms with Crippen molar-refractivity contribution in [2.24, 2.45) is 0 Å². The van der Waals surface area contributed by atoms with Gasteiger partial charge in [-0.25, -0.2) is 9.59 Å². The van der Waals surface area contributed by atoms with Crippen LogP contribution in [0.5, 0.6) is 0 Å². The van der Waals surface area contributed by atoms with Crippen LogP contribution < -0.4 is 0 Å². The Morgan fingerprint density at radius 1 is 0.708 bits per heavy atom. The zero-order chi connectivity index (χ0) is 18.4. The Morgan fingerprint density at radius 3 is 1.12 bits per heavy atom. The maximum absolute atomic E-state index is 10.2. The molecule has 0 aliphatic rings. The zero-order valence-corrected chi connectivity index (χ0v) is 12.8. The largest absolute Gasteiger partial charge is 0.478 e. The molecule has 5 N–H and O–H groups in total. The number of aromatic carboxylic acids is 2. The van der Waals surface area contributed by atoms with Crippen molar-refractivity contribution in [3.05, 3.63) is 71.8 Å². The summed E-state index contributed by atoms with van der Waals surface area (Å²) in [4.78, 5) is 20.4. The molecule has 2 aromatic carbocycles. The maximum atomic E-state index is 10.2. The smallest absolute Gasteiger partial charge is 0.335 e. The molecule has 0 aliphatic carbocycles. The van der Waals surface area contributed by atoms with Crippen molar-refractivity contribution in [1.29, 1.82) is 0 Å². The molecular formula is C17H20O7. The van der Waals surface area contributed by atoms with E-state index in [0.717, 1.165) is 0 Å². The van der Waals surface area contributed by atoms with E-state index in [1.807, 2.05) is 0 Å². The molecule has 2 rings (SSSR count). The quantitative estimate of drug-likeness (QED) is 0.564. The summed E-state index contributed by atoms with van der Waals surface area (Å²) in [5.74, 6) is -1.76. The van der Waals surface area contributed by atoms with Crippen molar-refractivity contribution in [3.8, 4) is 0 Å². The van der Waals surface area contributed by atoms with E-state index in [0.29, 0.717) is 11.1 Å². The van der Waals surface area contributed by atoms with Gasteiger partial charge in [-0.1, -0.05) is 36.4 Å². The summed E-state index contributed by atoms with van der Waals surface area (Å²) in [5, 5.41) is 40.8. The van der Waals surface area contributed by atoms with Gasteiger partial charge < -0.3 is 25.5 Å². The Balaban J connectivity index is 0.000000340. The number of rotatable bonds is 4. The fourth-order valence-electron chi connectivity index (χ4n) is 1.22. The van der Waals surface area contributed by atoms with E-state index in [2.05, 4.69) is 0 Å². The second-order valence-electron chi connectivity index (χ2n) is 4.36. The monoisotopic (exact) mass is 336 g/mol. The summed E-state index contributed by atoms with van der Waals surface area (Å²) in [6.45, 7) is -0.729. The van der Waals surface area contributed by atoms with E-state index < -0.39 is 18.0 Å². The van der Waals surface area contributed by atoms with E-state index in [1.165, 1.54) is 0 Å². The van der Waals surface area contributed by atoms with Crippen LogP contribution >= 0.6 is 0 Å². The van der Waals surface area contributed by atoms with Crippen LogP contribution in [0.1, 0.15) is 20.7 Å². The first-order chi connectivity index (χ1) is 11.4. The van der Waals surface area contributed by atoms with Gasteiger partial charge >= 0.3 is 11.9 Å². The third kappa shape index (κ3) is 10.1. The van der Waals surface area contributed by atoms with Gasteiger partial charge in [0, 0.05) is 0 Å². The van der Waals surface area contributed by atoms with Gasteiger partial charge in [-0.3, -0.25) is 0 Å². The second-order valence-corrected chi connectivity index (χ2v) is 4.36. The summed E-state index contributed by atoms with van der Waals surface area (Å²) >= 11 is 0. The van der Waals surface area contributed by atoms with Gasteiger partial charge in [-0.05, 0) is 24.3 Å². The Kier molecular flexibility index (Phi) is 11.3. The molecule has 7 heteroatoms. The molecule has 24 heavy (non-hydrogen) atoms. The lowest BCUT2D eigenvalue weighted by molar-refractivity contribution is 0.0450. The first-order valence-corrected chi connectivity index (χ1v) is 6.88. The van der Waals surface area contributed by atoms with Gasteiger partial charge in [-0.15, -0.1) is 0 Å². The van der Waals surface area contributed by atoms with Gasteiger partial charge in [-0.2, -0.15) is 0 Å². The number of aliphatic hydroxyl groups excluding tert-OH is 3. The first kappa shape index (κ1) is 21.3. The van der Waals surface area contributed by atoms with Gasteiger partial charge in [0.15, 0.2) is 0 Å². The van der Waals surface area contributed by atoms with Crippen molar-refractivity contribution >= 4 is 11.9 Å². The lowest BCUT2D eigenvalue weighted by Gasteiger charge is -1.96. The Labute approximate surface area is 139 Å². The number of hydrogen-bond donors (Lipinski definition) is 5. The molecular weight excluding hydrogens is 316 g/mol. The van der Waals surface area contributed by atoms with Gasteiger partial charge in [0.2, 0.25) is 0 Å². The number of carbonyl (C=O) groups is 2.